The fourth-order valence-electron chi connectivity index (χ4n) is 0. The molecule has 0 saturated carbocycles. The Labute approximate surface area is 31.3 Å². The van der Waals surface area contributed by atoms with Gasteiger partial charge in [-0.15, -0.1) is 0 Å². The third-order valence-electron chi connectivity index (χ3n) is 0. The Morgan fingerprint density at radius 1 is 1.75 bits per heavy atom. The van der Waals surface area contributed by atoms with E-state index in [4.69, 9.17) is 8.42 Å². The predicted octanol–water partition coefficient (Wildman–Crippen LogP) is -0.136. The predicted molar refractivity (Wildman–Crippen MR) is 17.3 cm³/mol. The third kappa shape index (κ3) is 59.8. The van der Waals surface area contributed by atoms with Crippen molar-refractivity contribution in [3.63, 3.8) is 0 Å². The quantitative estimate of drug-likeness (QED) is 0.341. The molecule has 0 fully saturated rings. The lowest BCUT2D eigenvalue weighted by atomic mass is 15.9. The molecule has 0 aromatic heterocycles. The molecule has 0 aliphatic carbocycles. The van der Waals surface area contributed by atoms with Crippen molar-refractivity contribution in [3.05, 3.63) is 0 Å². The van der Waals surface area contributed by atoms with E-state index >= 15 is 0 Å². The molecule has 0 heterocycles. The highest BCUT2D eigenvalue weighted by Gasteiger charge is 1.49. The van der Waals surface area contributed by atoms with Crippen LogP contribution in [0.15, 0.2) is 0 Å². The Morgan fingerprint density at radius 3 is 1.75 bits per heavy atom. The molecule has 0 atom stereocenters. The summed E-state index contributed by atoms with van der Waals surface area (Å²) in [6.45, 7) is 0. The Kier molecular flexibility index (Phi) is 1.64. The molecule has 0 radical (unpaired) electrons. The van der Waals surface area contributed by atoms with E-state index < -0.39 is 9.92 Å². The number of halogens is 1. The van der Waals surface area contributed by atoms with Crippen molar-refractivity contribution in [3.8, 4) is 0 Å². The van der Waals surface area contributed by atoms with Gasteiger partial charge in [0.1, 0.15) is 0 Å². The van der Waals surface area contributed by atoms with E-state index in [1.807, 2.05) is 0 Å². The zero-order valence-corrected chi connectivity index (χ0v) is 3.29. The van der Waals surface area contributed by atoms with E-state index in [9.17, 15) is 0 Å². The summed E-state index contributed by atoms with van der Waals surface area (Å²) in [5.41, 5.74) is 0. The summed E-state index contributed by atoms with van der Waals surface area (Å²) in [6.07, 6.45) is 0. The van der Waals surface area contributed by atoms with Crippen LogP contribution in [0.5, 0.6) is 0 Å². The number of hydrogen-bond acceptors (Lipinski definition) is 2. The van der Waals surface area contributed by atoms with Crippen molar-refractivity contribution >= 4 is 20.6 Å². The second-order valence-electron chi connectivity index (χ2n) is 0.213. The highest BCUT2D eigenvalue weighted by molar-refractivity contribution is 7.98. The van der Waals surface area contributed by atoms with E-state index in [0.717, 1.165) is 0 Å². The van der Waals surface area contributed by atoms with Gasteiger partial charge >= 0.3 is 1.43 Å². The highest BCUT2D eigenvalue weighted by Crippen LogP contribution is 1.61. The van der Waals surface area contributed by atoms with Crippen LogP contribution in [0.3, 0.4) is 0 Å². The van der Waals surface area contributed by atoms with Crippen LogP contribution in [0, 0.1) is 0 Å². The van der Waals surface area contributed by atoms with Gasteiger partial charge < -0.3 is 0 Å². The largest absolute Gasteiger partial charge is 1.00 e. The average Bonchev–Trinajstić information content (AvgIpc) is 0.811. The topological polar surface area (TPSA) is 34.1 Å². The van der Waals surface area contributed by atoms with Crippen molar-refractivity contribution in [1.82, 2.24) is 0 Å². The zero-order chi connectivity index (χ0) is 3.58. The van der Waals surface area contributed by atoms with E-state index in [1.165, 1.54) is 0 Å². The lowest BCUT2D eigenvalue weighted by molar-refractivity contribution is 0.626. The third-order valence-corrected chi connectivity index (χ3v) is 0. The van der Waals surface area contributed by atoms with Crippen LogP contribution in [0.4, 0.5) is 0 Å². The first-order valence-electron chi connectivity index (χ1n) is 0.534. The van der Waals surface area contributed by atoms with Gasteiger partial charge in [-0.05, 0) is 0 Å². The minimum Gasteiger partial charge on any atom is -0.215 e. The minimum atomic E-state index is -2.65. The van der Waals surface area contributed by atoms with Crippen molar-refractivity contribution in [2.75, 3.05) is 0 Å². The Bertz CT molecular complexity index is 58.0. The molecule has 0 saturated heterocycles. The van der Waals surface area contributed by atoms with Crippen LogP contribution >= 0.6 is 10.7 Å². The van der Waals surface area contributed by atoms with Crippen LogP contribution in [-0.4, -0.2) is 8.42 Å². The minimum absolute atomic E-state index is 0. The van der Waals surface area contributed by atoms with E-state index in [2.05, 4.69) is 10.7 Å². The van der Waals surface area contributed by atoms with Gasteiger partial charge in [0.05, 0.1) is 0 Å². The summed E-state index contributed by atoms with van der Waals surface area (Å²) in [7, 11) is 1.58. The van der Waals surface area contributed by atoms with Gasteiger partial charge in [0, 0.05) is 10.7 Å². The monoisotopic (exact) mass is 101 g/mol. The molecule has 0 amide bonds. The first-order valence-corrected chi connectivity index (χ1v) is 2.62. The van der Waals surface area contributed by atoms with E-state index in [1.54, 1.807) is 0 Å². The number of thiol groups is 1. The van der Waals surface area contributed by atoms with Crippen molar-refractivity contribution in [2.45, 2.75) is 0 Å². The number of hydrogen-bond donors (Lipinski definition) is 1. The molecule has 0 aromatic carbocycles. The molecule has 0 bridgehead atoms. The maximum atomic E-state index is 8.80. The summed E-state index contributed by atoms with van der Waals surface area (Å²) in [5, 5.41) is 0. The summed E-state index contributed by atoms with van der Waals surface area (Å²) in [5.74, 6) is 0. The highest BCUT2D eigenvalue weighted by atomic mass is 35.7. The molecular formula is H2ClO2S+. The summed E-state index contributed by atoms with van der Waals surface area (Å²) in [6, 6.07) is 0. The van der Waals surface area contributed by atoms with E-state index in [-0.39, 0.29) is 1.43 Å². The Balaban J connectivity index is 0. The molecule has 0 N–H and O–H groups in total. The molecule has 0 aromatic rings. The van der Waals surface area contributed by atoms with Crippen LogP contribution in [-0.2, 0) is 9.92 Å². The van der Waals surface area contributed by atoms with Gasteiger partial charge in [-0.2, -0.15) is 0 Å². The summed E-state index contributed by atoms with van der Waals surface area (Å²) in [4.78, 5) is 0. The number of rotatable bonds is 0. The molecule has 4 heteroatoms. The molecule has 0 aliphatic heterocycles. The zero-order valence-electron chi connectivity index (χ0n) is 2.64. The normalized spacial score (nSPS) is 8.50. The maximum absolute atomic E-state index is 8.80. The lowest BCUT2D eigenvalue weighted by Crippen LogP contribution is -1.41. The smallest absolute Gasteiger partial charge is 0.215 e. The van der Waals surface area contributed by atoms with Crippen LogP contribution in [0.2, 0.25) is 0 Å². The SMILES string of the molecule is O=[SH](=O)Cl.[H+]. The van der Waals surface area contributed by atoms with E-state index in [0.29, 0.717) is 0 Å². The van der Waals surface area contributed by atoms with Gasteiger partial charge in [-0.1, -0.05) is 0 Å². The lowest BCUT2D eigenvalue weighted by Gasteiger charge is -1.37. The van der Waals surface area contributed by atoms with Gasteiger partial charge in [0.25, 0.3) is 0 Å². The molecule has 26 valence electrons. The van der Waals surface area contributed by atoms with Crippen LogP contribution in [0.25, 0.3) is 0 Å². The van der Waals surface area contributed by atoms with Gasteiger partial charge in [0.15, 0.2) is 0 Å². The van der Waals surface area contributed by atoms with Crippen molar-refractivity contribution < 1.29 is 9.84 Å². The first kappa shape index (κ1) is 4.24. The first-order chi connectivity index (χ1) is 1.73. The molecular weight excluding hydrogens is 99.5 g/mol. The van der Waals surface area contributed by atoms with Crippen LogP contribution in [0.1, 0.15) is 1.43 Å². The van der Waals surface area contributed by atoms with Crippen LogP contribution < -0.4 is 0 Å². The second kappa shape index (κ2) is 1.55. The molecule has 0 aliphatic rings. The fraction of sp³-hybridized carbons (Fsp3) is 0. The van der Waals surface area contributed by atoms with Gasteiger partial charge in [-0.3, -0.25) is 0 Å². The molecule has 0 unspecified atom stereocenters. The molecule has 0 rings (SSSR count). The molecule has 4 heavy (non-hydrogen) atoms. The van der Waals surface area contributed by atoms with Crippen molar-refractivity contribution in [2.24, 2.45) is 0 Å². The Morgan fingerprint density at radius 2 is 1.75 bits per heavy atom. The van der Waals surface area contributed by atoms with Gasteiger partial charge in [0.2, 0.25) is 9.92 Å². The molecule has 0 spiro atoms. The maximum Gasteiger partial charge on any atom is 1.00 e. The standard InChI is InChI=1S/ClHO2S/c1-4(2)3/h4H/p+1. The summed E-state index contributed by atoms with van der Waals surface area (Å²) >= 11 is 0. The van der Waals surface area contributed by atoms with Gasteiger partial charge in [-0.25, -0.2) is 8.42 Å². The molecule has 2 nitrogen and oxygen atoms in total. The second-order valence-corrected chi connectivity index (χ2v) is 1.47. The van der Waals surface area contributed by atoms with Crippen molar-refractivity contribution in [1.29, 1.82) is 0 Å². The average molecular weight is 102 g/mol. The fourth-order valence-corrected chi connectivity index (χ4v) is 0. The Hall–Kier alpha value is 0.240. The summed E-state index contributed by atoms with van der Waals surface area (Å²) < 4.78 is 17.6.